The fraction of sp³-hybridized carbons (Fsp3) is 0.308. The van der Waals surface area contributed by atoms with Crippen LogP contribution >= 0.6 is 11.6 Å². The Labute approximate surface area is 99.6 Å². The van der Waals surface area contributed by atoms with Crippen molar-refractivity contribution in [1.82, 2.24) is 10.3 Å². The minimum Gasteiger partial charge on any atom is -0.310 e. The fourth-order valence-corrected chi connectivity index (χ4v) is 2.53. The molecule has 16 heavy (non-hydrogen) atoms. The van der Waals surface area contributed by atoms with E-state index in [1.165, 1.54) is 0 Å². The average molecular weight is 233 g/mol. The van der Waals surface area contributed by atoms with Gasteiger partial charge in [-0.2, -0.15) is 0 Å². The third-order valence-electron chi connectivity index (χ3n) is 3.42. The molecule has 2 aromatic rings. The zero-order valence-electron chi connectivity index (χ0n) is 9.13. The number of hydrogen-bond acceptors (Lipinski definition) is 2. The fourth-order valence-electron chi connectivity index (χ4n) is 2.21. The molecule has 0 unspecified atom stereocenters. The standard InChI is InChI=1S/C13H13ClN2/c1-15-13(6-7-13)10-8-9-4-2-3-5-11(9)16-12(10)14/h2-5,8,15H,6-7H2,1H3. The van der Waals surface area contributed by atoms with Gasteiger partial charge in [-0.3, -0.25) is 0 Å². The first-order chi connectivity index (χ1) is 7.75. The van der Waals surface area contributed by atoms with Crippen LogP contribution in [0, 0.1) is 0 Å². The SMILES string of the molecule is CNC1(c2cc3ccccc3nc2Cl)CC1. The molecule has 0 bridgehead atoms. The highest BCUT2D eigenvalue weighted by Gasteiger charge is 2.44. The first kappa shape index (κ1) is 10.1. The van der Waals surface area contributed by atoms with Crippen molar-refractivity contribution in [3.05, 3.63) is 41.0 Å². The molecule has 0 saturated heterocycles. The molecule has 0 aliphatic heterocycles. The zero-order chi connectivity index (χ0) is 11.2. The van der Waals surface area contributed by atoms with E-state index in [0.717, 1.165) is 29.3 Å². The third kappa shape index (κ3) is 1.41. The Balaban J connectivity index is 2.22. The van der Waals surface area contributed by atoms with Crippen LogP contribution in [-0.2, 0) is 5.54 Å². The first-order valence-electron chi connectivity index (χ1n) is 5.50. The zero-order valence-corrected chi connectivity index (χ0v) is 9.88. The van der Waals surface area contributed by atoms with Gasteiger partial charge in [0.1, 0.15) is 5.15 Å². The van der Waals surface area contributed by atoms with Crippen molar-refractivity contribution in [2.45, 2.75) is 18.4 Å². The summed E-state index contributed by atoms with van der Waals surface area (Å²) in [6.45, 7) is 0. The van der Waals surface area contributed by atoms with Crippen molar-refractivity contribution in [3.63, 3.8) is 0 Å². The predicted octanol–water partition coefficient (Wildman–Crippen LogP) is 3.10. The molecule has 1 aliphatic carbocycles. The summed E-state index contributed by atoms with van der Waals surface area (Å²) in [7, 11) is 1.98. The number of para-hydroxylation sites is 1. The lowest BCUT2D eigenvalue weighted by molar-refractivity contribution is 0.584. The summed E-state index contributed by atoms with van der Waals surface area (Å²) in [5, 5.41) is 5.14. The smallest absolute Gasteiger partial charge is 0.134 e. The molecule has 1 aromatic heterocycles. The van der Waals surface area contributed by atoms with Crippen molar-refractivity contribution >= 4 is 22.5 Å². The first-order valence-corrected chi connectivity index (χ1v) is 5.88. The molecule has 1 N–H and O–H groups in total. The molecular formula is C13H13ClN2. The normalized spacial score (nSPS) is 17.6. The molecule has 2 nitrogen and oxygen atoms in total. The summed E-state index contributed by atoms with van der Waals surface area (Å²) in [5.41, 5.74) is 2.17. The van der Waals surface area contributed by atoms with E-state index in [-0.39, 0.29) is 5.54 Å². The molecule has 0 amide bonds. The van der Waals surface area contributed by atoms with E-state index in [1.54, 1.807) is 0 Å². The largest absolute Gasteiger partial charge is 0.310 e. The number of pyridine rings is 1. The van der Waals surface area contributed by atoms with Crippen LogP contribution in [0.25, 0.3) is 10.9 Å². The van der Waals surface area contributed by atoms with Gasteiger partial charge in [0.25, 0.3) is 0 Å². The van der Waals surface area contributed by atoms with Gasteiger partial charge in [-0.15, -0.1) is 0 Å². The predicted molar refractivity (Wildman–Crippen MR) is 66.7 cm³/mol. The van der Waals surface area contributed by atoms with Crippen molar-refractivity contribution in [2.75, 3.05) is 7.05 Å². The van der Waals surface area contributed by atoms with Crippen LogP contribution in [0.2, 0.25) is 5.15 Å². The Morgan fingerprint density at radius 3 is 2.75 bits per heavy atom. The van der Waals surface area contributed by atoms with Crippen LogP contribution in [-0.4, -0.2) is 12.0 Å². The lowest BCUT2D eigenvalue weighted by Gasteiger charge is -2.16. The maximum absolute atomic E-state index is 6.26. The van der Waals surface area contributed by atoms with Crippen LogP contribution in [0.1, 0.15) is 18.4 Å². The molecule has 0 radical (unpaired) electrons. The third-order valence-corrected chi connectivity index (χ3v) is 3.71. The van der Waals surface area contributed by atoms with E-state index >= 15 is 0 Å². The van der Waals surface area contributed by atoms with Crippen molar-refractivity contribution in [2.24, 2.45) is 0 Å². The number of fused-ring (bicyclic) bond motifs is 1. The molecule has 0 spiro atoms. The summed E-state index contributed by atoms with van der Waals surface area (Å²) in [6, 6.07) is 10.2. The lowest BCUT2D eigenvalue weighted by atomic mass is 10.0. The maximum Gasteiger partial charge on any atom is 0.134 e. The molecule has 1 fully saturated rings. The van der Waals surface area contributed by atoms with Gasteiger partial charge in [-0.25, -0.2) is 4.98 Å². The summed E-state index contributed by atoms with van der Waals surface area (Å²) in [4.78, 5) is 4.46. The summed E-state index contributed by atoms with van der Waals surface area (Å²) < 4.78 is 0. The van der Waals surface area contributed by atoms with E-state index in [0.29, 0.717) is 5.15 Å². The maximum atomic E-state index is 6.26. The Hall–Kier alpha value is -1.12. The Kier molecular flexibility index (Phi) is 2.16. The number of halogens is 1. The van der Waals surface area contributed by atoms with Crippen LogP contribution in [0.4, 0.5) is 0 Å². The Bertz CT molecular complexity index is 547. The van der Waals surface area contributed by atoms with E-state index in [4.69, 9.17) is 11.6 Å². The molecule has 3 heteroatoms. The van der Waals surface area contributed by atoms with Crippen molar-refractivity contribution in [1.29, 1.82) is 0 Å². The highest BCUT2D eigenvalue weighted by molar-refractivity contribution is 6.30. The van der Waals surface area contributed by atoms with E-state index in [9.17, 15) is 0 Å². The molecule has 3 rings (SSSR count). The van der Waals surface area contributed by atoms with E-state index in [2.05, 4.69) is 22.4 Å². The number of aromatic nitrogens is 1. The van der Waals surface area contributed by atoms with Gasteiger partial charge in [0.2, 0.25) is 0 Å². The minimum absolute atomic E-state index is 0.0775. The number of hydrogen-bond donors (Lipinski definition) is 1. The molecule has 0 atom stereocenters. The van der Waals surface area contributed by atoms with Crippen molar-refractivity contribution < 1.29 is 0 Å². The second kappa shape index (κ2) is 3.44. The van der Waals surface area contributed by atoms with Gasteiger partial charge in [-0.05, 0) is 32.0 Å². The van der Waals surface area contributed by atoms with Gasteiger partial charge < -0.3 is 5.32 Å². The Morgan fingerprint density at radius 2 is 2.06 bits per heavy atom. The topological polar surface area (TPSA) is 24.9 Å². The molecule has 82 valence electrons. The van der Waals surface area contributed by atoms with Crippen LogP contribution in [0.5, 0.6) is 0 Å². The number of nitrogens with zero attached hydrogens (tertiary/aromatic N) is 1. The van der Waals surface area contributed by atoms with Gasteiger partial charge in [0.05, 0.1) is 5.52 Å². The Morgan fingerprint density at radius 1 is 1.31 bits per heavy atom. The van der Waals surface area contributed by atoms with Crippen LogP contribution < -0.4 is 5.32 Å². The summed E-state index contributed by atoms with van der Waals surface area (Å²) in [5.74, 6) is 0. The average Bonchev–Trinajstić information content (AvgIpc) is 3.09. The van der Waals surface area contributed by atoms with Gasteiger partial charge in [0, 0.05) is 16.5 Å². The molecule has 1 aliphatic rings. The highest BCUT2D eigenvalue weighted by Crippen LogP contribution is 2.47. The molecule has 1 heterocycles. The number of benzene rings is 1. The van der Waals surface area contributed by atoms with Crippen LogP contribution in [0.15, 0.2) is 30.3 Å². The van der Waals surface area contributed by atoms with E-state index < -0.39 is 0 Å². The van der Waals surface area contributed by atoms with Crippen LogP contribution in [0.3, 0.4) is 0 Å². The second-order valence-electron chi connectivity index (χ2n) is 4.35. The lowest BCUT2D eigenvalue weighted by Crippen LogP contribution is -2.25. The summed E-state index contributed by atoms with van der Waals surface area (Å²) >= 11 is 6.26. The van der Waals surface area contributed by atoms with Gasteiger partial charge in [-0.1, -0.05) is 29.8 Å². The van der Waals surface area contributed by atoms with Gasteiger partial charge >= 0.3 is 0 Å². The second-order valence-corrected chi connectivity index (χ2v) is 4.71. The minimum atomic E-state index is 0.0775. The summed E-state index contributed by atoms with van der Waals surface area (Å²) in [6.07, 6.45) is 2.28. The van der Waals surface area contributed by atoms with E-state index in [1.807, 2.05) is 25.2 Å². The molecular weight excluding hydrogens is 220 g/mol. The molecule has 1 saturated carbocycles. The number of rotatable bonds is 2. The quantitative estimate of drug-likeness (QED) is 0.805. The number of nitrogens with one attached hydrogen (secondary N) is 1. The highest BCUT2D eigenvalue weighted by atomic mass is 35.5. The monoisotopic (exact) mass is 232 g/mol. The van der Waals surface area contributed by atoms with Gasteiger partial charge in [0.15, 0.2) is 0 Å². The molecule has 1 aromatic carbocycles. The van der Waals surface area contributed by atoms with Crippen molar-refractivity contribution in [3.8, 4) is 0 Å².